The minimum absolute atomic E-state index is 0.00929. The van der Waals surface area contributed by atoms with Crippen LogP contribution in [0, 0.1) is 5.92 Å². The molecular weight excluding hydrogens is 280 g/mol. The molecule has 2 amide bonds. The van der Waals surface area contributed by atoms with Crippen LogP contribution in [-0.2, 0) is 15.2 Å². The maximum Gasteiger partial charge on any atom is 0.223 e. The van der Waals surface area contributed by atoms with E-state index in [1.807, 2.05) is 32.0 Å². The first-order valence-corrected chi connectivity index (χ1v) is 7.65. The molecule has 5 heteroatoms. The van der Waals surface area contributed by atoms with Crippen LogP contribution in [0.5, 0.6) is 0 Å². The molecule has 0 fully saturated rings. The van der Waals surface area contributed by atoms with Crippen molar-refractivity contribution in [2.75, 3.05) is 13.1 Å². The Bertz CT molecular complexity index is 484. The van der Waals surface area contributed by atoms with E-state index in [-0.39, 0.29) is 24.2 Å². The molecule has 1 aromatic rings. The topological polar surface area (TPSA) is 78.4 Å². The third kappa shape index (κ3) is 6.26. The lowest BCUT2D eigenvalue weighted by molar-refractivity contribution is -0.125. The van der Waals surface area contributed by atoms with Crippen LogP contribution in [0.1, 0.15) is 39.2 Å². The lowest BCUT2D eigenvalue weighted by Crippen LogP contribution is -2.35. The van der Waals surface area contributed by atoms with E-state index in [0.717, 1.165) is 0 Å². The minimum atomic E-state index is -1.18. The molecule has 0 spiro atoms. The zero-order valence-corrected chi connectivity index (χ0v) is 13.6. The van der Waals surface area contributed by atoms with Gasteiger partial charge in [-0.25, -0.2) is 0 Å². The van der Waals surface area contributed by atoms with Crippen LogP contribution in [0.4, 0.5) is 0 Å². The molecule has 0 saturated carbocycles. The number of carbonyl (C=O) groups is 2. The Balaban J connectivity index is 2.28. The molecule has 1 aromatic carbocycles. The van der Waals surface area contributed by atoms with Gasteiger partial charge in [0.15, 0.2) is 0 Å². The Kier molecular flexibility index (Phi) is 7.05. The molecule has 22 heavy (non-hydrogen) atoms. The van der Waals surface area contributed by atoms with Gasteiger partial charge in [0.25, 0.3) is 0 Å². The normalized spacial score (nSPS) is 13.5. The molecule has 0 aliphatic carbocycles. The van der Waals surface area contributed by atoms with Gasteiger partial charge in [-0.1, -0.05) is 44.2 Å². The van der Waals surface area contributed by atoms with Gasteiger partial charge in [0.1, 0.15) is 0 Å². The summed E-state index contributed by atoms with van der Waals surface area (Å²) in [7, 11) is 0. The molecule has 1 rings (SSSR count). The van der Waals surface area contributed by atoms with Crippen molar-refractivity contribution < 1.29 is 14.7 Å². The minimum Gasteiger partial charge on any atom is -0.385 e. The summed E-state index contributed by atoms with van der Waals surface area (Å²) in [5, 5.41) is 15.9. The van der Waals surface area contributed by atoms with E-state index in [4.69, 9.17) is 0 Å². The van der Waals surface area contributed by atoms with Crippen molar-refractivity contribution in [1.82, 2.24) is 10.6 Å². The van der Waals surface area contributed by atoms with E-state index in [0.29, 0.717) is 25.1 Å². The first-order chi connectivity index (χ1) is 10.3. The third-order valence-electron chi connectivity index (χ3n) is 3.40. The van der Waals surface area contributed by atoms with Crippen molar-refractivity contribution in [1.29, 1.82) is 0 Å². The number of hydrogen-bond acceptors (Lipinski definition) is 3. The van der Waals surface area contributed by atoms with E-state index in [9.17, 15) is 14.7 Å². The van der Waals surface area contributed by atoms with Crippen molar-refractivity contribution in [2.24, 2.45) is 5.92 Å². The van der Waals surface area contributed by atoms with Gasteiger partial charge in [0.05, 0.1) is 12.0 Å². The van der Waals surface area contributed by atoms with Crippen LogP contribution in [0.2, 0.25) is 0 Å². The summed E-state index contributed by atoms with van der Waals surface area (Å²) in [6.45, 7) is 6.31. The van der Waals surface area contributed by atoms with Crippen LogP contribution in [0.3, 0.4) is 0 Å². The Hall–Kier alpha value is -1.88. The van der Waals surface area contributed by atoms with Crippen LogP contribution in [0.25, 0.3) is 0 Å². The maximum atomic E-state index is 11.9. The van der Waals surface area contributed by atoms with Crippen LogP contribution in [-0.4, -0.2) is 30.0 Å². The van der Waals surface area contributed by atoms with Crippen molar-refractivity contribution in [3.05, 3.63) is 35.9 Å². The monoisotopic (exact) mass is 306 g/mol. The van der Waals surface area contributed by atoms with Gasteiger partial charge in [-0.3, -0.25) is 9.59 Å². The number of rotatable bonds is 8. The molecule has 3 N–H and O–H groups in total. The SMILES string of the molecule is CC(C)C(=O)NCCCNC(=O)CC(C)(O)c1ccccc1. The highest BCUT2D eigenvalue weighted by atomic mass is 16.3. The van der Waals surface area contributed by atoms with Gasteiger partial charge in [-0.05, 0) is 18.9 Å². The lowest BCUT2D eigenvalue weighted by atomic mass is 9.92. The second-order valence-electron chi connectivity index (χ2n) is 5.97. The fourth-order valence-electron chi connectivity index (χ4n) is 2.01. The Morgan fingerprint density at radius 2 is 1.73 bits per heavy atom. The number of carbonyl (C=O) groups excluding carboxylic acids is 2. The van der Waals surface area contributed by atoms with Gasteiger partial charge >= 0.3 is 0 Å². The molecule has 1 unspecified atom stereocenters. The summed E-state index contributed by atoms with van der Waals surface area (Å²) in [6, 6.07) is 9.13. The summed E-state index contributed by atoms with van der Waals surface area (Å²) in [5.74, 6) is -0.224. The fourth-order valence-corrected chi connectivity index (χ4v) is 2.01. The molecular formula is C17H26N2O3. The standard InChI is InChI=1S/C17H26N2O3/c1-13(2)16(21)19-11-7-10-18-15(20)12-17(3,22)14-8-5-4-6-9-14/h4-6,8-9,13,22H,7,10-12H2,1-3H3,(H,18,20)(H,19,21). The molecule has 0 bridgehead atoms. The highest BCUT2D eigenvalue weighted by molar-refractivity contribution is 5.78. The van der Waals surface area contributed by atoms with Crippen LogP contribution < -0.4 is 10.6 Å². The number of aliphatic hydroxyl groups is 1. The van der Waals surface area contributed by atoms with Gasteiger partial charge in [-0.2, -0.15) is 0 Å². The molecule has 0 aliphatic heterocycles. The van der Waals surface area contributed by atoms with Crippen molar-refractivity contribution in [3.63, 3.8) is 0 Å². The predicted octanol–water partition coefficient (Wildman–Crippen LogP) is 1.56. The van der Waals surface area contributed by atoms with E-state index in [1.54, 1.807) is 19.1 Å². The van der Waals surface area contributed by atoms with Crippen molar-refractivity contribution >= 4 is 11.8 Å². The molecule has 0 aliphatic rings. The average molecular weight is 306 g/mol. The smallest absolute Gasteiger partial charge is 0.223 e. The van der Waals surface area contributed by atoms with E-state index in [1.165, 1.54) is 0 Å². The van der Waals surface area contributed by atoms with Gasteiger partial charge in [-0.15, -0.1) is 0 Å². The van der Waals surface area contributed by atoms with Gasteiger partial charge < -0.3 is 15.7 Å². The first-order valence-electron chi connectivity index (χ1n) is 7.65. The quantitative estimate of drug-likeness (QED) is 0.638. The van der Waals surface area contributed by atoms with Gasteiger partial charge in [0.2, 0.25) is 11.8 Å². The van der Waals surface area contributed by atoms with E-state index < -0.39 is 5.60 Å². The Morgan fingerprint density at radius 1 is 1.14 bits per heavy atom. The van der Waals surface area contributed by atoms with Crippen molar-refractivity contribution in [2.45, 2.75) is 39.2 Å². The Labute approximate surface area is 132 Å². The summed E-state index contributed by atoms with van der Waals surface area (Å²) in [6.07, 6.45) is 0.674. The van der Waals surface area contributed by atoms with E-state index in [2.05, 4.69) is 10.6 Å². The lowest BCUT2D eigenvalue weighted by Gasteiger charge is -2.23. The number of nitrogens with one attached hydrogen (secondary N) is 2. The molecule has 0 aromatic heterocycles. The van der Waals surface area contributed by atoms with Crippen LogP contribution in [0.15, 0.2) is 30.3 Å². The van der Waals surface area contributed by atoms with Crippen LogP contribution >= 0.6 is 0 Å². The fraction of sp³-hybridized carbons (Fsp3) is 0.529. The second-order valence-corrected chi connectivity index (χ2v) is 5.97. The highest BCUT2D eigenvalue weighted by Crippen LogP contribution is 2.23. The second kappa shape index (κ2) is 8.54. The molecule has 122 valence electrons. The zero-order valence-electron chi connectivity index (χ0n) is 13.6. The average Bonchev–Trinajstić information content (AvgIpc) is 2.47. The van der Waals surface area contributed by atoms with E-state index >= 15 is 0 Å². The zero-order chi connectivity index (χ0) is 16.6. The molecule has 0 saturated heterocycles. The number of hydrogen-bond donors (Lipinski definition) is 3. The molecule has 0 radical (unpaired) electrons. The third-order valence-corrected chi connectivity index (χ3v) is 3.40. The molecule has 1 atom stereocenters. The summed E-state index contributed by atoms with van der Waals surface area (Å²) in [4.78, 5) is 23.2. The maximum absolute atomic E-state index is 11.9. The van der Waals surface area contributed by atoms with Gasteiger partial charge in [0, 0.05) is 19.0 Å². The predicted molar refractivity (Wildman–Crippen MR) is 86.1 cm³/mol. The Morgan fingerprint density at radius 3 is 2.32 bits per heavy atom. The summed E-state index contributed by atoms with van der Waals surface area (Å²) >= 11 is 0. The summed E-state index contributed by atoms with van der Waals surface area (Å²) in [5.41, 5.74) is -0.466. The number of amides is 2. The van der Waals surface area contributed by atoms with Crippen molar-refractivity contribution in [3.8, 4) is 0 Å². The largest absolute Gasteiger partial charge is 0.385 e. The summed E-state index contributed by atoms with van der Waals surface area (Å²) < 4.78 is 0. The highest BCUT2D eigenvalue weighted by Gasteiger charge is 2.26. The molecule has 5 nitrogen and oxygen atoms in total. The first kappa shape index (κ1) is 18.2. The molecule has 0 heterocycles. The number of benzene rings is 1.